The molecule has 2 amide bonds. The third-order valence-electron chi connectivity index (χ3n) is 4.10. The first-order chi connectivity index (χ1) is 12.2. The van der Waals surface area contributed by atoms with E-state index in [9.17, 15) is 4.79 Å². The van der Waals surface area contributed by atoms with Crippen molar-refractivity contribution in [1.82, 2.24) is 20.2 Å². The molecule has 0 radical (unpaired) electrons. The van der Waals surface area contributed by atoms with Gasteiger partial charge in [0.15, 0.2) is 0 Å². The van der Waals surface area contributed by atoms with Gasteiger partial charge in [-0.3, -0.25) is 0 Å². The van der Waals surface area contributed by atoms with E-state index in [0.717, 1.165) is 24.2 Å². The summed E-state index contributed by atoms with van der Waals surface area (Å²) in [5, 5.41) is 2.96. The van der Waals surface area contributed by atoms with E-state index in [0.29, 0.717) is 25.6 Å². The van der Waals surface area contributed by atoms with Crippen molar-refractivity contribution >= 4 is 6.03 Å². The Morgan fingerprint density at radius 1 is 1.28 bits per heavy atom. The second-order valence-electron chi connectivity index (χ2n) is 5.84. The topological polar surface area (TPSA) is 76.6 Å². The molecule has 1 saturated heterocycles. The van der Waals surface area contributed by atoms with Crippen molar-refractivity contribution in [2.45, 2.75) is 18.9 Å². The Bertz CT molecular complexity index is 678. The standard InChI is InChI=1S/C18H22N4O3/c1-24-15-5-3-14(4-6-15)7-11-21-18(23)22-12-8-16(13-22)25-17-19-9-2-10-20-17/h2-6,9-10,16H,7-8,11-13H2,1H3,(H,21,23). The third kappa shape index (κ3) is 4.82. The van der Waals surface area contributed by atoms with E-state index in [4.69, 9.17) is 9.47 Å². The van der Waals surface area contributed by atoms with Crippen LogP contribution in [0.4, 0.5) is 4.79 Å². The number of benzene rings is 1. The highest BCUT2D eigenvalue weighted by molar-refractivity contribution is 5.74. The minimum absolute atomic E-state index is 0.0604. The molecule has 1 unspecified atom stereocenters. The lowest BCUT2D eigenvalue weighted by molar-refractivity contribution is 0.178. The zero-order valence-electron chi connectivity index (χ0n) is 14.2. The van der Waals surface area contributed by atoms with Crippen molar-refractivity contribution in [3.8, 4) is 11.8 Å². The van der Waals surface area contributed by atoms with Crippen LogP contribution in [0, 0.1) is 0 Å². The maximum atomic E-state index is 12.2. The van der Waals surface area contributed by atoms with E-state index in [2.05, 4.69) is 15.3 Å². The first kappa shape index (κ1) is 17.0. The lowest BCUT2D eigenvalue weighted by Gasteiger charge is -2.17. The largest absolute Gasteiger partial charge is 0.497 e. The van der Waals surface area contributed by atoms with Crippen LogP contribution in [0.15, 0.2) is 42.7 Å². The van der Waals surface area contributed by atoms with Gasteiger partial charge in [-0.1, -0.05) is 12.1 Å². The van der Waals surface area contributed by atoms with Gasteiger partial charge < -0.3 is 19.7 Å². The van der Waals surface area contributed by atoms with Crippen LogP contribution in [0.3, 0.4) is 0 Å². The van der Waals surface area contributed by atoms with E-state index in [1.165, 1.54) is 0 Å². The Labute approximate surface area is 147 Å². The predicted octanol–water partition coefficient (Wildman–Crippen LogP) is 1.89. The number of hydrogen-bond acceptors (Lipinski definition) is 5. The molecule has 1 atom stereocenters. The zero-order chi connectivity index (χ0) is 17.5. The van der Waals surface area contributed by atoms with Gasteiger partial charge in [-0.05, 0) is 30.2 Å². The quantitative estimate of drug-likeness (QED) is 0.867. The Morgan fingerprint density at radius 3 is 2.76 bits per heavy atom. The molecule has 0 bridgehead atoms. The lowest BCUT2D eigenvalue weighted by atomic mass is 10.1. The molecule has 1 aliphatic heterocycles. The number of likely N-dealkylation sites (tertiary alicyclic amines) is 1. The molecule has 2 aromatic rings. The molecule has 1 aliphatic rings. The second kappa shape index (κ2) is 8.32. The number of nitrogens with zero attached hydrogens (tertiary/aromatic N) is 3. The minimum atomic E-state index is -0.0615. The zero-order valence-corrected chi connectivity index (χ0v) is 14.2. The lowest BCUT2D eigenvalue weighted by Crippen LogP contribution is -2.40. The van der Waals surface area contributed by atoms with Crippen LogP contribution in [0.25, 0.3) is 0 Å². The first-order valence-electron chi connectivity index (χ1n) is 8.34. The molecule has 7 heteroatoms. The highest BCUT2D eigenvalue weighted by atomic mass is 16.5. The van der Waals surface area contributed by atoms with Gasteiger partial charge in [0, 0.05) is 31.9 Å². The second-order valence-corrected chi connectivity index (χ2v) is 5.84. The van der Waals surface area contributed by atoms with Crippen molar-refractivity contribution < 1.29 is 14.3 Å². The van der Waals surface area contributed by atoms with Crippen molar-refractivity contribution in [3.63, 3.8) is 0 Å². The smallest absolute Gasteiger partial charge is 0.317 e. The summed E-state index contributed by atoms with van der Waals surface area (Å²) in [6, 6.07) is 9.89. The van der Waals surface area contributed by atoms with Crippen LogP contribution >= 0.6 is 0 Å². The first-order valence-corrected chi connectivity index (χ1v) is 8.34. The maximum absolute atomic E-state index is 12.2. The maximum Gasteiger partial charge on any atom is 0.317 e. The molecule has 0 saturated carbocycles. The number of aromatic nitrogens is 2. The molecule has 1 aromatic carbocycles. The third-order valence-corrected chi connectivity index (χ3v) is 4.10. The van der Waals surface area contributed by atoms with Crippen LogP contribution in [-0.4, -0.2) is 53.7 Å². The summed E-state index contributed by atoms with van der Waals surface area (Å²) in [7, 11) is 1.65. The fourth-order valence-electron chi connectivity index (χ4n) is 2.72. The monoisotopic (exact) mass is 342 g/mol. The van der Waals surface area contributed by atoms with Crippen LogP contribution < -0.4 is 14.8 Å². The molecular weight excluding hydrogens is 320 g/mol. The number of nitrogens with one attached hydrogen (secondary N) is 1. The summed E-state index contributed by atoms with van der Waals surface area (Å²) in [5.74, 6) is 0.832. The van der Waals surface area contributed by atoms with Gasteiger partial charge in [0.1, 0.15) is 11.9 Å². The minimum Gasteiger partial charge on any atom is -0.497 e. The number of rotatable bonds is 6. The molecule has 2 heterocycles. The highest BCUT2D eigenvalue weighted by Gasteiger charge is 2.27. The van der Waals surface area contributed by atoms with Crippen LogP contribution in [0.2, 0.25) is 0 Å². The molecule has 7 nitrogen and oxygen atoms in total. The number of urea groups is 1. The number of carbonyl (C=O) groups is 1. The molecule has 1 aromatic heterocycles. The van der Waals surface area contributed by atoms with E-state index in [1.807, 2.05) is 24.3 Å². The molecule has 25 heavy (non-hydrogen) atoms. The molecule has 132 valence electrons. The number of hydrogen-bond donors (Lipinski definition) is 1. The van der Waals surface area contributed by atoms with Crippen molar-refractivity contribution in [3.05, 3.63) is 48.3 Å². The van der Waals surface area contributed by atoms with Crippen LogP contribution in [-0.2, 0) is 6.42 Å². The van der Waals surface area contributed by atoms with E-state index in [-0.39, 0.29) is 12.1 Å². The van der Waals surface area contributed by atoms with Crippen LogP contribution in [0.1, 0.15) is 12.0 Å². The number of ether oxygens (including phenoxy) is 2. The summed E-state index contributed by atoms with van der Waals surface area (Å²) in [6.45, 7) is 1.81. The van der Waals surface area contributed by atoms with Gasteiger partial charge >= 0.3 is 12.0 Å². The summed E-state index contributed by atoms with van der Waals surface area (Å²) < 4.78 is 10.8. The van der Waals surface area contributed by atoms with Crippen molar-refractivity contribution in [1.29, 1.82) is 0 Å². The van der Waals surface area contributed by atoms with Gasteiger partial charge in [-0.15, -0.1) is 0 Å². The molecular formula is C18H22N4O3. The Morgan fingerprint density at radius 2 is 2.04 bits per heavy atom. The predicted molar refractivity (Wildman–Crippen MR) is 92.7 cm³/mol. The van der Waals surface area contributed by atoms with Crippen LogP contribution in [0.5, 0.6) is 11.8 Å². The van der Waals surface area contributed by atoms with Gasteiger partial charge in [-0.2, -0.15) is 0 Å². The molecule has 3 rings (SSSR count). The van der Waals surface area contributed by atoms with Crippen molar-refractivity contribution in [2.24, 2.45) is 0 Å². The van der Waals surface area contributed by atoms with E-state index in [1.54, 1.807) is 30.5 Å². The summed E-state index contributed by atoms with van der Waals surface area (Å²) in [6.07, 6.45) is 4.78. The summed E-state index contributed by atoms with van der Waals surface area (Å²) >= 11 is 0. The Balaban J connectivity index is 1.40. The SMILES string of the molecule is COc1ccc(CCNC(=O)N2CCC(Oc3ncccn3)C2)cc1. The average molecular weight is 342 g/mol. The van der Waals surface area contributed by atoms with E-state index >= 15 is 0 Å². The normalized spacial score (nSPS) is 16.5. The van der Waals surface area contributed by atoms with Gasteiger partial charge in [0.25, 0.3) is 0 Å². The molecule has 1 N–H and O–H groups in total. The molecule has 0 spiro atoms. The Kier molecular flexibility index (Phi) is 5.66. The van der Waals surface area contributed by atoms with Crippen molar-refractivity contribution in [2.75, 3.05) is 26.7 Å². The fraction of sp³-hybridized carbons (Fsp3) is 0.389. The summed E-state index contributed by atoms with van der Waals surface area (Å²) in [4.78, 5) is 22.1. The van der Waals surface area contributed by atoms with Gasteiger partial charge in [0.2, 0.25) is 0 Å². The van der Waals surface area contributed by atoms with Gasteiger partial charge in [0.05, 0.1) is 13.7 Å². The molecule has 1 fully saturated rings. The number of amides is 2. The number of methoxy groups -OCH3 is 1. The molecule has 0 aliphatic carbocycles. The Hall–Kier alpha value is -2.83. The van der Waals surface area contributed by atoms with E-state index < -0.39 is 0 Å². The fourth-order valence-corrected chi connectivity index (χ4v) is 2.72. The van der Waals surface area contributed by atoms with Gasteiger partial charge in [-0.25, -0.2) is 14.8 Å². The number of carbonyl (C=O) groups excluding carboxylic acids is 1. The highest BCUT2D eigenvalue weighted by Crippen LogP contribution is 2.15. The average Bonchev–Trinajstić information content (AvgIpc) is 3.12. The summed E-state index contributed by atoms with van der Waals surface area (Å²) in [5.41, 5.74) is 1.16.